The van der Waals surface area contributed by atoms with Crippen molar-refractivity contribution in [2.75, 3.05) is 18.0 Å². The van der Waals surface area contributed by atoms with E-state index in [9.17, 15) is 9.18 Å². The fourth-order valence-corrected chi connectivity index (χ4v) is 3.90. The van der Waals surface area contributed by atoms with Gasteiger partial charge in [0.2, 0.25) is 0 Å². The molecule has 2 aliphatic rings. The number of piperidine rings is 1. The Morgan fingerprint density at radius 2 is 2.08 bits per heavy atom. The molecule has 2 aliphatic heterocycles. The molecule has 0 spiro atoms. The summed E-state index contributed by atoms with van der Waals surface area (Å²) in [5.41, 5.74) is 2.00. The van der Waals surface area contributed by atoms with Crippen LogP contribution in [0.15, 0.2) is 23.4 Å². The summed E-state index contributed by atoms with van der Waals surface area (Å²) < 4.78 is 13.9. The van der Waals surface area contributed by atoms with Crippen LogP contribution in [0.3, 0.4) is 0 Å². The second-order valence-corrected chi connectivity index (χ2v) is 7.53. The molecular weight excluding hydrogens is 400 g/mol. The average Bonchev–Trinajstić information content (AvgIpc) is 2.92. The first kappa shape index (κ1) is 20.2. The average molecular weight is 416 g/mol. The van der Waals surface area contributed by atoms with Crippen molar-refractivity contribution in [1.82, 2.24) is 20.3 Å². The Bertz CT molecular complexity index is 901. The molecule has 2 fully saturated rings. The molecule has 0 atom stereocenters. The molecule has 6 nitrogen and oxygen atoms in total. The van der Waals surface area contributed by atoms with E-state index < -0.39 is 6.17 Å². The van der Waals surface area contributed by atoms with Crippen molar-refractivity contribution in [3.63, 3.8) is 0 Å². The monoisotopic (exact) mass is 415 g/mol. The molecule has 1 amide bonds. The summed E-state index contributed by atoms with van der Waals surface area (Å²) in [7, 11) is 0. The van der Waals surface area contributed by atoms with Crippen LogP contribution in [0.5, 0.6) is 0 Å². The van der Waals surface area contributed by atoms with Crippen LogP contribution in [0.4, 0.5) is 10.2 Å². The number of hydrogen-bond donors (Lipinski definition) is 1. The van der Waals surface area contributed by atoms with Crippen LogP contribution in [0.2, 0.25) is 0 Å². The van der Waals surface area contributed by atoms with Crippen LogP contribution in [-0.2, 0) is 4.79 Å². The molecule has 0 unspecified atom stereocenters. The van der Waals surface area contributed by atoms with Crippen molar-refractivity contribution < 1.29 is 9.18 Å². The molecule has 0 radical (unpaired) electrons. The summed E-state index contributed by atoms with van der Waals surface area (Å²) in [5, 5.41) is 2.58. The fourth-order valence-electron chi connectivity index (χ4n) is 2.87. The molecule has 1 N–H and O–H groups in total. The van der Waals surface area contributed by atoms with Crippen molar-refractivity contribution in [2.45, 2.75) is 19.0 Å². The summed E-state index contributed by atoms with van der Waals surface area (Å²) in [6, 6.07) is 3.65. The second-order valence-electron chi connectivity index (χ2n) is 5.82. The maximum atomic E-state index is 13.4. The Labute approximate surface area is 201 Å². The third-order valence-corrected chi connectivity index (χ3v) is 5.29. The number of halogens is 1. The van der Waals surface area contributed by atoms with Gasteiger partial charge in [0.25, 0.3) is 5.91 Å². The first-order valence-corrected chi connectivity index (χ1v) is 9.08. The Kier molecular flexibility index (Phi) is 6.76. The summed E-state index contributed by atoms with van der Waals surface area (Å²) in [5.74, 6) is 0.489. The van der Waals surface area contributed by atoms with E-state index in [1.54, 1.807) is 12.1 Å². The van der Waals surface area contributed by atoms with Crippen LogP contribution in [0.25, 0.3) is 17.1 Å². The normalized spacial score (nSPS) is 19.7. The molecule has 0 saturated carbocycles. The van der Waals surface area contributed by atoms with Crippen LogP contribution < -0.4 is 10.2 Å². The van der Waals surface area contributed by atoms with E-state index in [4.69, 9.17) is 12.2 Å². The van der Waals surface area contributed by atoms with Crippen LogP contribution in [0.1, 0.15) is 18.5 Å². The van der Waals surface area contributed by atoms with Gasteiger partial charge in [-0.05, 0) is 31.1 Å². The van der Waals surface area contributed by atoms with Gasteiger partial charge in [-0.15, -0.1) is 0 Å². The maximum absolute atomic E-state index is 13.4. The molecule has 130 valence electrons. The molecule has 2 aromatic heterocycles. The number of anilines is 1. The van der Waals surface area contributed by atoms with E-state index in [1.807, 2.05) is 11.0 Å². The van der Waals surface area contributed by atoms with E-state index in [2.05, 4.69) is 20.3 Å². The number of carbonyl (C=O) groups excluding carboxylic acids is 1. The summed E-state index contributed by atoms with van der Waals surface area (Å²) in [4.78, 5) is 27.6. The Morgan fingerprint density at radius 3 is 2.77 bits per heavy atom. The second kappa shape index (κ2) is 8.68. The van der Waals surface area contributed by atoms with Gasteiger partial charge in [0.15, 0.2) is 5.82 Å². The minimum absolute atomic E-state index is 0. The number of fused-ring (bicyclic) bond motifs is 1. The zero-order valence-corrected chi connectivity index (χ0v) is 14.7. The van der Waals surface area contributed by atoms with Crippen LogP contribution in [0, 0.1) is 0 Å². The summed E-state index contributed by atoms with van der Waals surface area (Å²) >= 11 is 6.21. The number of aromatic nitrogens is 3. The zero-order valence-electron chi connectivity index (χ0n) is 13.1. The topological polar surface area (TPSA) is 71.0 Å². The number of nitrogens with one attached hydrogen (secondary N) is 1. The number of carbonyl (C=O) groups is 1. The molecule has 0 aromatic carbocycles. The number of nitrogens with zero attached hydrogens (tertiary/aromatic N) is 4. The molecule has 0 aliphatic carbocycles. The van der Waals surface area contributed by atoms with E-state index >= 15 is 0 Å². The van der Waals surface area contributed by atoms with E-state index in [1.165, 1.54) is 18.1 Å². The Balaban J connectivity index is 0.00000196. The van der Waals surface area contributed by atoms with Crippen molar-refractivity contribution in [3.8, 4) is 0 Å². The van der Waals surface area contributed by atoms with Gasteiger partial charge in [-0.1, -0.05) is 24.0 Å². The van der Waals surface area contributed by atoms with Gasteiger partial charge >= 0.3 is 51.4 Å². The van der Waals surface area contributed by atoms with E-state index in [0.29, 0.717) is 57.7 Å². The summed E-state index contributed by atoms with van der Waals surface area (Å²) in [6.45, 7) is 1.21. The molecule has 2 aromatic rings. The van der Waals surface area contributed by atoms with Gasteiger partial charge in [-0.3, -0.25) is 4.79 Å². The van der Waals surface area contributed by atoms with Crippen molar-refractivity contribution >= 4 is 109 Å². The van der Waals surface area contributed by atoms with Gasteiger partial charge in [0.1, 0.15) is 22.3 Å². The number of pyridine rings is 1. The molecule has 26 heavy (non-hydrogen) atoms. The van der Waals surface area contributed by atoms with Crippen molar-refractivity contribution in [1.29, 1.82) is 0 Å². The van der Waals surface area contributed by atoms with Crippen LogP contribution >= 0.6 is 24.0 Å². The zero-order chi connectivity index (χ0) is 17.4. The third kappa shape index (κ3) is 4.32. The quantitative estimate of drug-likeness (QED) is 0.456. The number of thioether (sulfide) groups is 1. The SMILES string of the molecule is O=C1NC(=S)S/C1=C/c1ccc2ncnc(N3CCC(F)CC3)c2n1.[KH]. The van der Waals surface area contributed by atoms with Crippen LogP contribution in [-0.4, -0.2) is 95.8 Å². The molecular formula is C16H15FKN5OS2. The third-order valence-electron chi connectivity index (χ3n) is 4.13. The predicted octanol–water partition coefficient (Wildman–Crippen LogP) is 1.80. The minimum atomic E-state index is -0.751. The molecule has 4 heterocycles. The number of thiocarbonyl (C=S) groups is 1. The molecule has 4 rings (SSSR count). The van der Waals surface area contributed by atoms with Crippen molar-refractivity contribution in [2.24, 2.45) is 0 Å². The Hall–Kier alpha value is -0.494. The number of rotatable bonds is 2. The molecule has 0 bridgehead atoms. The fraction of sp³-hybridized carbons (Fsp3) is 0.312. The molecule has 2 saturated heterocycles. The Morgan fingerprint density at radius 1 is 1.31 bits per heavy atom. The molecule has 10 heteroatoms. The van der Waals surface area contributed by atoms with Crippen molar-refractivity contribution in [3.05, 3.63) is 29.1 Å². The van der Waals surface area contributed by atoms with E-state index in [0.717, 1.165) is 0 Å². The summed E-state index contributed by atoms with van der Waals surface area (Å²) in [6.07, 6.45) is 3.42. The number of amides is 1. The van der Waals surface area contributed by atoms with Gasteiger partial charge < -0.3 is 10.2 Å². The first-order chi connectivity index (χ1) is 12.1. The van der Waals surface area contributed by atoms with Gasteiger partial charge in [0.05, 0.1) is 16.1 Å². The number of alkyl halides is 1. The van der Waals surface area contributed by atoms with Gasteiger partial charge in [-0.2, -0.15) is 0 Å². The van der Waals surface area contributed by atoms with Gasteiger partial charge in [0, 0.05) is 13.1 Å². The standard InChI is InChI=1S/C16H14FN5OS2.K.H/c17-9-3-5-22(6-4-9)14-13-11(18-8-19-14)2-1-10(20-13)7-12-15(23)21-16(24)25-12;;/h1-2,7-9H,3-6H2,(H,21,23,24);;/b12-7+;;. The van der Waals surface area contributed by atoms with Gasteiger partial charge in [-0.25, -0.2) is 19.3 Å². The first-order valence-electron chi connectivity index (χ1n) is 7.86. The van der Waals surface area contributed by atoms with E-state index in [-0.39, 0.29) is 57.3 Å². The number of hydrogen-bond acceptors (Lipinski definition) is 7. The predicted molar refractivity (Wildman–Crippen MR) is 107 cm³/mol.